The van der Waals surface area contributed by atoms with Crippen molar-refractivity contribution in [2.75, 3.05) is 0 Å². The number of para-hydroxylation sites is 2. The standard InChI is InChI=1S/C14H15N3O2/c1-14(2,19)12(8-9-15)17-11-7-5-4-6-10(11)16(3)13(17)18/h4-8,19H,1-3H3. The molecule has 1 N–H and O–H groups in total. The molecule has 0 fully saturated rings. The zero-order valence-electron chi connectivity index (χ0n) is 11.1. The maximum atomic E-state index is 12.3. The van der Waals surface area contributed by atoms with E-state index >= 15 is 0 Å². The van der Waals surface area contributed by atoms with Crippen molar-refractivity contribution in [2.24, 2.45) is 7.05 Å². The van der Waals surface area contributed by atoms with Gasteiger partial charge in [-0.3, -0.25) is 9.13 Å². The fourth-order valence-electron chi connectivity index (χ4n) is 2.10. The minimum atomic E-state index is -1.29. The lowest BCUT2D eigenvalue weighted by Crippen LogP contribution is -2.31. The van der Waals surface area contributed by atoms with Gasteiger partial charge in [0, 0.05) is 13.1 Å². The summed E-state index contributed by atoms with van der Waals surface area (Å²) in [4.78, 5) is 12.3. The molecule has 1 aromatic carbocycles. The van der Waals surface area contributed by atoms with E-state index in [9.17, 15) is 9.90 Å². The minimum absolute atomic E-state index is 0.261. The number of benzene rings is 1. The predicted molar refractivity (Wildman–Crippen MR) is 73.4 cm³/mol. The van der Waals surface area contributed by atoms with Crippen molar-refractivity contribution in [2.45, 2.75) is 19.4 Å². The van der Waals surface area contributed by atoms with E-state index in [2.05, 4.69) is 0 Å². The van der Waals surface area contributed by atoms with Crippen LogP contribution in [0.2, 0.25) is 0 Å². The topological polar surface area (TPSA) is 71.0 Å². The van der Waals surface area contributed by atoms with Gasteiger partial charge in [-0.05, 0) is 26.0 Å². The Hall–Kier alpha value is -2.32. The lowest BCUT2D eigenvalue weighted by atomic mass is 10.0. The van der Waals surface area contributed by atoms with Gasteiger partial charge in [0.05, 0.1) is 22.8 Å². The summed E-state index contributed by atoms with van der Waals surface area (Å²) >= 11 is 0. The van der Waals surface area contributed by atoms with Gasteiger partial charge >= 0.3 is 5.69 Å². The molecule has 5 nitrogen and oxygen atoms in total. The fourth-order valence-corrected chi connectivity index (χ4v) is 2.10. The van der Waals surface area contributed by atoms with Crippen molar-refractivity contribution < 1.29 is 5.11 Å². The molecule has 98 valence electrons. The van der Waals surface area contributed by atoms with Gasteiger partial charge in [0.2, 0.25) is 0 Å². The average molecular weight is 257 g/mol. The van der Waals surface area contributed by atoms with Crippen molar-refractivity contribution >= 4 is 16.7 Å². The highest BCUT2D eigenvalue weighted by molar-refractivity contribution is 5.81. The van der Waals surface area contributed by atoms with E-state index in [4.69, 9.17) is 5.26 Å². The van der Waals surface area contributed by atoms with Crippen molar-refractivity contribution in [1.29, 1.82) is 5.26 Å². The molecule has 2 rings (SSSR count). The van der Waals surface area contributed by atoms with E-state index in [-0.39, 0.29) is 11.4 Å². The molecule has 0 amide bonds. The number of nitrogens with zero attached hydrogens (tertiary/aromatic N) is 3. The Morgan fingerprint density at radius 1 is 1.37 bits per heavy atom. The highest BCUT2D eigenvalue weighted by atomic mass is 16.3. The molecule has 0 aliphatic heterocycles. The second-order valence-corrected chi connectivity index (χ2v) is 4.88. The molecule has 0 aliphatic carbocycles. The van der Waals surface area contributed by atoms with Crippen LogP contribution in [0.5, 0.6) is 0 Å². The Kier molecular flexibility index (Phi) is 3.05. The van der Waals surface area contributed by atoms with Crippen LogP contribution in [0.3, 0.4) is 0 Å². The van der Waals surface area contributed by atoms with Gasteiger partial charge in [0.25, 0.3) is 0 Å². The second-order valence-electron chi connectivity index (χ2n) is 4.88. The molecule has 5 heteroatoms. The Morgan fingerprint density at radius 2 is 1.95 bits per heavy atom. The van der Waals surface area contributed by atoms with E-state index in [1.54, 1.807) is 27.0 Å². The number of aromatic nitrogens is 2. The Labute approximate surface area is 110 Å². The molecule has 2 aromatic rings. The highest BCUT2D eigenvalue weighted by Crippen LogP contribution is 2.24. The quantitative estimate of drug-likeness (QED) is 0.828. The third-order valence-electron chi connectivity index (χ3n) is 3.03. The number of nitriles is 1. The molecule has 1 heterocycles. The van der Waals surface area contributed by atoms with Crippen LogP contribution in [-0.4, -0.2) is 19.8 Å². The molecule has 0 saturated heterocycles. The summed E-state index contributed by atoms with van der Waals surface area (Å²) in [6.45, 7) is 3.09. The number of hydrogen-bond acceptors (Lipinski definition) is 3. The van der Waals surface area contributed by atoms with Crippen LogP contribution in [-0.2, 0) is 7.05 Å². The van der Waals surface area contributed by atoms with E-state index in [1.807, 2.05) is 24.3 Å². The van der Waals surface area contributed by atoms with Crippen LogP contribution in [0.4, 0.5) is 0 Å². The molecule has 0 spiro atoms. The number of rotatable bonds is 2. The molecule has 0 radical (unpaired) electrons. The maximum absolute atomic E-state index is 12.3. The molecule has 0 bridgehead atoms. The largest absolute Gasteiger partial charge is 0.384 e. The van der Waals surface area contributed by atoms with Crippen LogP contribution < -0.4 is 5.69 Å². The smallest absolute Gasteiger partial charge is 0.333 e. The average Bonchev–Trinajstić information content (AvgIpc) is 2.59. The van der Waals surface area contributed by atoms with E-state index in [0.717, 1.165) is 5.52 Å². The summed E-state index contributed by atoms with van der Waals surface area (Å²) in [6.07, 6.45) is 1.20. The van der Waals surface area contributed by atoms with Crippen LogP contribution in [0.15, 0.2) is 35.1 Å². The molecule has 0 saturated carbocycles. The Bertz CT molecular complexity index is 752. The molecular formula is C14H15N3O2. The minimum Gasteiger partial charge on any atom is -0.384 e. The summed E-state index contributed by atoms with van der Waals surface area (Å²) in [5, 5.41) is 19.0. The third kappa shape index (κ3) is 2.07. The molecule has 0 atom stereocenters. The number of imidazole rings is 1. The zero-order chi connectivity index (χ0) is 14.2. The van der Waals surface area contributed by atoms with Gasteiger partial charge in [-0.25, -0.2) is 4.79 Å². The monoisotopic (exact) mass is 257 g/mol. The number of fused-ring (bicyclic) bond motifs is 1. The number of aryl methyl sites for hydroxylation is 1. The lowest BCUT2D eigenvalue weighted by molar-refractivity contribution is 0.137. The van der Waals surface area contributed by atoms with Gasteiger partial charge in [0.15, 0.2) is 0 Å². The number of hydrogen-bond donors (Lipinski definition) is 1. The van der Waals surface area contributed by atoms with Gasteiger partial charge in [-0.15, -0.1) is 0 Å². The first-order valence-electron chi connectivity index (χ1n) is 5.87. The van der Waals surface area contributed by atoms with E-state index in [0.29, 0.717) is 5.52 Å². The third-order valence-corrected chi connectivity index (χ3v) is 3.03. The van der Waals surface area contributed by atoms with Crippen LogP contribution in [0.25, 0.3) is 16.7 Å². The first kappa shape index (κ1) is 13.1. The van der Waals surface area contributed by atoms with Crippen molar-refractivity contribution in [3.63, 3.8) is 0 Å². The van der Waals surface area contributed by atoms with Crippen LogP contribution in [0.1, 0.15) is 13.8 Å². The fraction of sp³-hybridized carbons (Fsp3) is 0.286. The normalized spacial score (nSPS) is 12.7. The second kappa shape index (κ2) is 4.41. The summed E-state index contributed by atoms with van der Waals surface area (Å²) in [5.41, 5.74) is 0.102. The first-order valence-corrected chi connectivity index (χ1v) is 5.87. The van der Waals surface area contributed by atoms with Crippen LogP contribution in [0, 0.1) is 11.3 Å². The predicted octanol–water partition coefficient (Wildman–Crippen LogP) is 1.48. The molecule has 19 heavy (non-hydrogen) atoms. The molecular weight excluding hydrogens is 242 g/mol. The summed E-state index contributed by atoms with van der Waals surface area (Å²) in [6, 6.07) is 9.14. The molecule has 0 aliphatic rings. The van der Waals surface area contributed by atoms with Crippen molar-refractivity contribution in [3.05, 3.63) is 40.8 Å². The summed E-state index contributed by atoms with van der Waals surface area (Å²) in [5.74, 6) is 0. The first-order chi connectivity index (χ1) is 8.88. The zero-order valence-corrected chi connectivity index (χ0v) is 11.1. The van der Waals surface area contributed by atoms with Gasteiger partial charge < -0.3 is 5.11 Å². The van der Waals surface area contributed by atoms with Crippen molar-refractivity contribution in [1.82, 2.24) is 9.13 Å². The maximum Gasteiger partial charge on any atom is 0.333 e. The SMILES string of the molecule is Cn1c(=O)n(C(=CC#N)C(C)(C)O)c2ccccc21. The summed E-state index contributed by atoms with van der Waals surface area (Å²) in [7, 11) is 1.66. The van der Waals surface area contributed by atoms with Gasteiger partial charge in [-0.1, -0.05) is 12.1 Å². The summed E-state index contributed by atoms with van der Waals surface area (Å²) < 4.78 is 2.87. The van der Waals surface area contributed by atoms with Gasteiger partial charge in [0.1, 0.15) is 5.60 Å². The number of aliphatic hydroxyl groups is 1. The molecule has 0 unspecified atom stereocenters. The van der Waals surface area contributed by atoms with Gasteiger partial charge in [-0.2, -0.15) is 5.26 Å². The van der Waals surface area contributed by atoms with E-state index in [1.165, 1.54) is 15.2 Å². The number of allylic oxidation sites excluding steroid dienone is 1. The Morgan fingerprint density at radius 3 is 2.47 bits per heavy atom. The lowest BCUT2D eigenvalue weighted by Gasteiger charge is -2.21. The van der Waals surface area contributed by atoms with Crippen LogP contribution >= 0.6 is 0 Å². The van der Waals surface area contributed by atoms with E-state index < -0.39 is 5.60 Å². The Balaban J connectivity index is 2.91. The molecule has 1 aromatic heterocycles. The van der Waals surface area contributed by atoms with Crippen molar-refractivity contribution in [3.8, 4) is 6.07 Å². The highest BCUT2D eigenvalue weighted by Gasteiger charge is 2.25.